The second-order valence-electron chi connectivity index (χ2n) is 3.63. The van der Waals surface area contributed by atoms with E-state index in [-0.39, 0.29) is 17.1 Å². The number of hydrogen-bond acceptors (Lipinski definition) is 4. The molecule has 4 N–H and O–H groups in total. The maximum atomic E-state index is 11.0. The number of rotatable bonds is 2. The van der Waals surface area contributed by atoms with Crippen LogP contribution in [0.1, 0.15) is 10.4 Å². The van der Waals surface area contributed by atoms with Crippen molar-refractivity contribution in [3.63, 3.8) is 0 Å². The Bertz CT molecular complexity index is 629. The van der Waals surface area contributed by atoms with Crippen molar-refractivity contribution >= 4 is 23.4 Å². The zero-order valence-electron chi connectivity index (χ0n) is 9.09. The highest BCUT2D eigenvalue weighted by Crippen LogP contribution is 2.31. The van der Waals surface area contributed by atoms with Gasteiger partial charge in [-0.05, 0) is 24.3 Å². The van der Waals surface area contributed by atoms with E-state index >= 15 is 0 Å². The summed E-state index contributed by atoms with van der Waals surface area (Å²) < 4.78 is 0. The van der Waals surface area contributed by atoms with Gasteiger partial charge >= 0.3 is 5.97 Å². The van der Waals surface area contributed by atoms with Crippen molar-refractivity contribution in [2.75, 3.05) is 5.73 Å². The number of phenolic OH excluding ortho intramolecular Hbond substituents is 1. The number of aromatic nitrogens is 1. The number of anilines is 1. The van der Waals surface area contributed by atoms with Crippen LogP contribution in [0.2, 0.25) is 5.02 Å². The first-order chi connectivity index (χ1) is 8.49. The summed E-state index contributed by atoms with van der Waals surface area (Å²) in [4.78, 5) is 14.8. The maximum Gasteiger partial charge on any atom is 0.339 e. The lowest BCUT2D eigenvalue weighted by atomic mass is 10.1. The number of halogens is 1. The summed E-state index contributed by atoms with van der Waals surface area (Å²) in [5.41, 5.74) is 6.32. The second-order valence-corrected chi connectivity index (χ2v) is 4.03. The molecular formula is C12H9ClN2O3. The lowest BCUT2D eigenvalue weighted by Gasteiger charge is -2.07. The Hall–Kier alpha value is -2.27. The SMILES string of the molecule is Nc1ncc(-c2cc(O)ccc2Cl)cc1C(=O)O. The normalized spacial score (nSPS) is 10.3. The lowest BCUT2D eigenvalue weighted by Crippen LogP contribution is -2.04. The van der Waals surface area contributed by atoms with Crippen LogP contribution in [-0.2, 0) is 0 Å². The van der Waals surface area contributed by atoms with Crippen LogP contribution in [0, 0.1) is 0 Å². The fraction of sp³-hybridized carbons (Fsp3) is 0. The van der Waals surface area contributed by atoms with Crippen molar-refractivity contribution in [3.8, 4) is 16.9 Å². The van der Waals surface area contributed by atoms with E-state index in [1.54, 1.807) is 0 Å². The van der Waals surface area contributed by atoms with Gasteiger partial charge in [0.1, 0.15) is 17.1 Å². The Morgan fingerprint density at radius 3 is 2.72 bits per heavy atom. The minimum atomic E-state index is -1.17. The maximum absolute atomic E-state index is 11.0. The largest absolute Gasteiger partial charge is 0.508 e. The second kappa shape index (κ2) is 4.54. The van der Waals surface area contributed by atoms with E-state index in [1.807, 2.05) is 0 Å². The number of carboxylic acids is 1. The van der Waals surface area contributed by atoms with Gasteiger partial charge in [-0.25, -0.2) is 9.78 Å². The molecule has 5 nitrogen and oxygen atoms in total. The predicted molar refractivity (Wildman–Crippen MR) is 67.7 cm³/mol. The minimum Gasteiger partial charge on any atom is -0.508 e. The van der Waals surface area contributed by atoms with Crippen LogP contribution in [0.4, 0.5) is 5.82 Å². The average molecular weight is 265 g/mol. The molecule has 0 bridgehead atoms. The number of pyridine rings is 1. The number of benzene rings is 1. The smallest absolute Gasteiger partial charge is 0.339 e. The number of nitrogens with two attached hydrogens (primary N) is 1. The van der Waals surface area contributed by atoms with E-state index in [4.69, 9.17) is 22.4 Å². The molecule has 0 amide bonds. The van der Waals surface area contributed by atoms with Gasteiger partial charge in [0.25, 0.3) is 0 Å². The highest BCUT2D eigenvalue weighted by Gasteiger charge is 2.12. The van der Waals surface area contributed by atoms with Gasteiger partial charge in [-0.2, -0.15) is 0 Å². The van der Waals surface area contributed by atoms with E-state index in [0.29, 0.717) is 16.1 Å². The zero-order valence-corrected chi connectivity index (χ0v) is 9.85. The lowest BCUT2D eigenvalue weighted by molar-refractivity contribution is 0.0697. The average Bonchev–Trinajstić information content (AvgIpc) is 2.33. The van der Waals surface area contributed by atoms with Gasteiger partial charge in [-0.15, -0.1) is 0 Å². The highest BCUT2D eigenvalue weighted by molar-refractivity contribution is 6.33. The first-order valence-corrected chi connectivity index (χ1v) is 5.34. The van der Waals surface area contributed by atoms with E-state index in [2.05, 4.69) is 4.98 Å². The van der Waals surface area contributed by atoms with Crippen molar-refractivity contribution in [1.82, 2.24) is 4.98 Å². The zero-order chi connectivity index (χ0) is 13.3. The van der Waals surface area contributed by atoms with Crippen LogP contribution in [-0.4, -0.2) is 21.2 Å². The summed E-state index contributed by atoms with van der Waals surface area (Å²) in [5.74, 6) is -1.20. The molecule has 0 spiro atoms. The quantitative estimate of drug-likeness (QED) is 0.774. The summed E-state index contributed by atoms with van der Waals surface area (Å²) in [6.07, 6.45) is 1.41. The Morgan fingerprint density at radius 1 is 1.33 bits per heavy atom. The number of hydrogen-bond donors (Lipinski definition) is 3. The monoisotopic (exact) mass is 264 g/mol. The Morgan fingerprint density at radius 2 is 2.06 bits per heavy atom. The third-order valence-electron chi connectivity index (χ3n) is 2.41. The molecule has 0 fully saturated rings. The van der Waals surface area contributed by atoms with Crippen molar-refractivity contribution in [2.24, 2.45) is 0 Å². The first kappa shape index (κ1) is 12.2. The molecule has 2 aromatic rings. The predicted octanol–water partition coefficient (Wildman–Crippen LogP) is 2.39. The number of carbonyl (C=O) groups is 1. The molecule has 1 aromatic carbocycles. The number of nitrogens with zero attached hydrogens (tertiary/aromatic N) is 1. The molecule has 0 saturated carbocycles. The standard InChI is InChI=1S/C12H9ClN2O3/c13-10-2-1-7(16)4-8(10)6-3-9(12(17)18)11(14)15-5-6/h1-5,16H,(H2,14,15)(H,17,18). The highest BCUT2D eigenvalue weighted by atomic mass is 35.5. The Labute approximate surface area is 107 Å². The number of carboxylic acid groups (broad SMARTS) is 1. The molecule has 18 heavy (non-hydrogen) atoms. The fourth-order valence-electron chi connectivity index (χ4n) is 1.53. The van der Waals surface area contributed by atoms with Crippen molar-refractivity contribution < 1.29 is 15.0 Å². The molecule has 0 atom stereocenters. The fourth-order valence-corrected chi connectivity index (χ4v) is 1.76. The van der Waals surface area contributed by atoms with Crippen molar-refractivity contribution in [2.45, 2.75) is 0 Å². The van der Waals surface area contributed by atoms with Crippen molar-refractivity contribution in [1.29, 1.82) is 0 Å². The molecule has 1 heterocycles. The van der Waals surface area contributed by atoms with Gasteiger partial charge < -0.3 is 15.9 Å². The third-order valence-corrected chi connectivity index (χ3v) is 2.74. The molecule has 2 rings (SSSR count). The Kier molecular flexibility index (Phi) is 3.08. The van der Waals surface area contributed by atoms with Crippen LogP contribution in [0.25, 0.3) is 11.1 Å². The summed E-state index contributed by atoms with van der Waals surface area (Å²) in [7, 11) is 0. The molecule has 0 saturated heterocycles. The topological polar surface area (TPSA) is 96.4 Å². The molecule has 0 aliphatic carbocycles. The number of aromatic carboxylic acids is 1. The van der Waals surface area contributed by atoms with Crippen LogP contribution in [0.15, 0.2) is 30.5 Å². The summed E-state index contributed by atoms with van der Waals surface area (Å²) >= 11 is 5.98. The third kappa shape index (κ3) is 2.21. The molecule has 0 radical (unpaired) electrons. The molecule has 0 unspecified atom stereocenters. The van der Waals surface area contributed by atoms with E-state index < -0.39 is 5.97 Å². The first-order valence-electron chi connectivity index (χ1n) is 4.96. The summed E-state index contributed by atoms with van der Waals surface area (Å²) in [6.45, 7) is 0. The van der Waals surface area contributed by atoms with Crippen molar-refractivity contribution in [3.05, 3.63) is 41.0 Å². The Balaban J connectivity index is 2.61. The van der Waals surface area contributed by atoms with Crippen LogP contribution >= 0.6 is 11.6 Å². The number of aromatic hydroxyl groups is 1. The van der Waals surface area contributed by atoms with Gasteiger partial charge in [0, 0.05) is 22.3 Å². The van der Waals surface area contributed by atoms with Crippen LogP contribution in [0.5, 0.6) is 5.75 Å². The van der Waals surface area contributed by atoms with Gasteiger partial charge in [0.15, 0.2) is 0 Å². The van der Waals surface area contributed by atoms with E-state index in [0.717, 1.165) is 0 Å². The summed E-state index contributed by atoms with van der Waals surface area (Å²) in [6, 6.07) is 5.75. The minimum absolute atomic E-state index is 0.0306. The van der Waals surface area contributed by atoms with E-state index in [9.17, 15) is 9.90 Å². The van der Waals surface area contributed by atoms with Crippen LogP contribution in [0.3, 0.4) is 0 Å². The van der Waals surface area contributed by atoms with Gasteiger partial charge in [-0.1, -0.05) is 11.6 Å². The van der Waals surface area contributed by atoms with E-state index in [1.165, 1.54) is 30.5 Å². The molecule has 0 aliphatic rings. The number of phenols is 1. The van der Waals surface area contributed by atoms with Gasteiger partial charge in [0.2, 0.25) is 0 Å². The van der Waals surface area contributed by atoms with Gasteiger partial charge in [-0.3, -0.25) is 0 Å². The molecule has 6 heteroatoms. The summed E-state index contributed by atoms with van der Waals surface area (Å²) in [5, 5.41) is 18.8. The molecule has 1 aromatic heterocycles. The van der Waals surface area contributed by atoms with Gasteiger partial charge in [0.05, 0.1) is 0 Å². The molecule has 0 aliphatic heterocycles. The van der Waals surface area contributed by atoms with Crippen LogP contribution < -0.4 is 5.73 Å². The molecule has 92 valence electrons. The number of nitrogen functional groups attached to an aromatic ring is 1. The molecular weight excluding hydrogens is 256 g/mol.